The largest absolute Gasteiger partial charge is 0.337 e. The summed E-state index contributed by atoms with van der Waals surface area (Å²) in [5, 5.41) is 5.60. The van der Waals surface area contributed by atoms with E-state index in [1.807, 2.05) is 18.8 Å². The average molecular weight is 349 g/mol. The summed E-state index contributed by atoms with van der Waals surface area (Å²) in [6.45, 7) is 0.249. The third-order valence-electron chi connectivity index (χ3n) is 4.37. The second-order valence-electron chi connectivity index (χ2n) is 6.06. The van der Waals surface area contributed by atoms with Crippen LogP contribution in [0.2, 0.25) is 0 Å². The summed E-state index contributed by atoms with van der Waals surface area (Å²) < 4.78 is 13.0. The molecule has 0 aromatic heterocycles. The van der Waals surface area contributed by atoms with E-state index in [-0.39, 0.29) is 36.6 Å². The van der Waals surface area contributed by atoms with Crippen LogP contribution in [0.5, 0.6) is 0 Å². The monoisotopic (exact) mass is 349 g/mol. The van der Waals surface area contributed by atoms with Crippen LogP contribution in [0, 0.1) is 5.82 Å². The van der Waals surface area contributed by atoms with E-state index in [1.165, 1.54) is 17.1 Å². The molecule has 1 aromatic rings. The SMILES string of the molecule is CN(C(=O)C1=NN(Cc2ccc(F)cc2)C(=O)CC1)[C@@H]1CCSC1. The Morgan fingerprint density at radius 1 is 1.38 bits per heavy atom. The second kappa shape index (κ2) is 7.34. The van der Waals surface area contributed by atoms with Gasteiger partial charge in [0.1, 0.15) is 11.5 Å². The van der Waals surface area contributed by atoms with E-state index in [4.69, 9.17) is 0 Å². The van der Waals surface area contributed by atoms with Crippen molar-refractivity contribution >= 4 is 29.3 Å². The van der Waals surface area contributed by atoms with Crippen LogP contribution in [0.1, 0.15) is 24.8 Å². The number of carbonyl (C=O) groups excluding carboxylic acids is 2. The van der Waals surface area contributed by atoms with E-state index in [0.717, 1.165) is 23.5 Å². The first-order valence-electron chi connectivity index (χ1n) is 8.02. The van der Waals surface area contributed by atoms with E-state index in [1.54, 1.807) is 17.0 Å². The molecule has 0 saturated carbocycles. The topological polar surface area (TPSA) is 53.0 Å². The smallest absolute Gasteiger partial charge is 0.270 e. The summed E-state index contributed by atoms with van der Waals surface area (Å²) in [4.78, 5) is 26.5. The van der Waals surface area contributed by atoms with Gasteiger partial charge in [0.15, 0.2) is 0 Å². The van der Waals surface area contributed by atoms with Gasteiger partial charge in [-0.25, -0.2) is 9.40 Å². The van der Waals surface area contributed by atoms with Crippen molar-refractivity contribution in [1.29, 1.82) is 0 Å². The number of benzene rings is 1. The number of hydrogen-bond donors (Lipinski definition) is 0. The van der Waals surface area contributed by atoms with E-state index in [2.05, 4.69) is 5.10 Å². The summed E-state index contributed by atoms with van der Waals surface area (Å²) in [5.74, 6) is 1.49. The zero-order chi connectivity index (χ0) is 17.1. The highest BCUT2D eigenvalue weighted by Gasteiger charge is 2.30. The Hall–Kier alpha value is -1.89. The molecule has 5 nitrogen and oxygen atoms in total. The predicted molar refractivity (Wildman–Crippen MR) is 92.1 cm³/mol. The summed E-state index contributed by atoms with van der Waals surface area (Å²) in [6, 6.07) is 6.19. The minimum atomic E-state index is -0.320. The van der Waals surface area contributed by atoms with E-state index in [9.17, 15) is 14.0 Å². The molecule has 2 amide bonds. The lowest BCUT2D eigenvalue weighted by atomic mass is 10.1. The van der Waals surface area contributed by atoms with Crippen molar-refractivity contribution in [2.24, 2.45) is 5.10 Å². The highest BCUT2D eigenvalue weighted by Crippen LogP contribution is 2.22. The van der Waals surface area contributed by atoms with Gasteiger partial charge in [-0.05, 0) is 29.9 Å². The molecule has 0 radical (unpaired) electrons. The van der Waals surface area contributed by atoms with Crippen molar-refractivity contribution in [2.45, 2.75) is 31.8 Å². The lowest BCUT2D eigenvalue weighted by Gasteiger charge is -2.28. The lowest BCUT2D eigenvalue weighted by molar-refractivity contribution is -0.132. The molecule has 0 aliphatic carbocycles. The van der Waals surface area contributed by atoms with Gasteiger partial charge < -0.3 is 4.90 Å². The molecular formula is C17H20FN3O2S. The summed E-state index contributed by atoms with van der Waals surface area (Å²) in [5.41, 5.74) is 1.21. The average Bonchev–Trinajstić information content (AvgIpc) is 3.12. The van der Waals surface area contributed by atoms with Crippen molar-refractivity contribution in [3.8, 4) is 0 Å². The molecular weight excluding hydrogens is 329 g/mol. The number of rotatable bonds is 4. The van der Waals surface area contributed by atoms with Crippen molar-refractivity contribution < 1.29 is 14.0 Å². The fourth-order valence-corrected chi connectivity index (χ4v) is 4.11. The van der Waals surface area contributed by atoms with Gasteiger partial charge in [0, 0.05) is 31.7 Å². The Labute approximate surface area is 144 Å². The maximum absolute atomic E-state index is 13.0. The van der Waals surface area contributed by atoms with E-state index in [0.29, 0.717) is 12.1 Å². The first-order chi connectivity index (χ1) is 11.5. The molecule has 1 aromatic carbocycles. The van der Waals surface area contributed by atoms with Crippen molar-refractivity contribution in [2.75, 3.05) is 18.6 Å². The van der Waals surface area contributed by atoms with Crippen LogP contribution in [0.4, 0.5) is 4.39 Å². The van der Waals surface area contributed by atoms with Gasteiger partial charge in [-0.3, -0.25) is 9.59 Å². The van der Waals surface area contributed by atoms with Crippen LogP contribution < -0.4 is 0 Å². The number of nitrogens with zero attached hydrogens (tertiary/aromatic N) is 3. The number of amides is 2. The van der Waals surface area contributed by atoms with E-state index < -0.39 is 0 Å². The molecule has 2 aliphatic rings. The number of thioether (sulfide) groups is 1. The van der Waals surface area contributed by atoms with Crippen LogP contribution in [0.15, 0.2) is 29.4 Å². The maximum Gasteiger partial charge on any atom is 0.270 e. The number of carbonyl (C=O) groups is 2. The quantitative estimate of drug-likeness (QED) is 0.838. The standard InChI is InChI=1S/C17H20FN3O2S/c1-20(14-8-9-24-11-14)17(23)15-6-7-16(22)21(19-15)10-12-2-4-13(18)5-3-12/h2-5,14H,6-11H2,1H3/t14-/m1/s1. The fourth-order valence-electron chi connectivity index (χ4n) is 2.84. The molecule has 7 heteroatoms. The van der Waals surface area contributed by atoms with Crippen molar-refractivity contribution in [3.05, 3.63) is 35.6 Å². The van der Waals surface area contributed by atoms with E-state index >= 15 is 0 Å². The number of hydrogen-bond acceptors (Lipinski definition) is 4. The highest BCUT2D eigenvalue weighted by molar-refractivity contribution is 7.99. The zero-order valence-corrected chi connectivity index (χ0v) is 14.4. The second-order valence-corrected chi connectivity index (χ2v) is 7.21. The lowest BCUT2D eigenvalue weighted by Crippen LogP contribution is -2.44. The van der Waals surface area contributed by atoms with Gasteiger partial charge in [0.25, 0.3) is 5.91 Å². The Morgan fingerprint density at radius 3 is 2.79 bits per heavy atom. The molecule has 1 fully saturated rings. The zero-order valence-electron chi connectivity index (χ0n) is 13.6. The van der Waals surface area contributed by atoms with Gasteiger partial charge in [-0.1, -0.05) is 12.1 Å². The van der Waals surface area contributed by atoms with Gasteiger partial charge in [0.05, 0.1) is 6.54 Å². The van der Waals surface area contributed by atoms with Crippen LogP contribution >= 0.6 is 11.8 Å². The van der Waals surface area contributed by atoms with Crippen molar-refractivity contribution in [3.63, 3.8) is 0 Å². The Kier molecular flexibility index (Phi) is 5.18. The molecule has 0 bridgehead atoms. The summed E-state index contributed by atoms with van der Waals surface area (Å²) in [6.07, 6.45) is 1.65. The van der Waals surface area contributed by atoms with Gasteiger partial charge in [0.2, 0.25) is 5.91 Å². The number of hydrazone groups is 1. The third kappa shape index (κ3) is 3.77. The molecule has 24 heavy (non-hydrogen) atoms. The predicted octanol–water partition coefficient (Wildman–Crippen LogP) is 2.27. The Bertz CT molecular complexity index is 656. The summed E-state index contributed by atoms with van der Waals surface area (Å²) in [7, 11) is 1.81. The number of halogens is 1. The van der Waals surface area contributed by atoms with Gasteiger partial charge >= 0.3 is 0 Å². The van der Waals surface area contributed by atoms with Gasteiger partial charge in [-0.2, -0.15) is 16.9 Å². The highest BCUT2D eigenvalue weighted by atomic mass is 32.2. The maximum atomic E-state index is 13.0. The minimum Gasteiger partial charge on any atom is -0.337 e. The molecule has 3 rings (SSSR count). The van der Waals surface area contributed by atoms with Crippen LogP contribution in [-0.2, 0) is 16.1 Å². The first kappa shape index (κ1) is 17.0. The molecule has 2 aliphatic heterocycles. The van der Waals surface area contributed by atoms with Crippen molar-refractivity contribution in [1.82, 2.24) is 9.91 Å². The fraction of sp³-hybridized carbons (Fsp3) is 0.471. The molecule has 1 saturated heterocycles. The van der Waals surface area contributed by atoms with Crippen LogP contribution in [-0.4, -0.2) is 52.0 Å². The normalized spacial score (nSPS) is 20.9. The molecule has 0 N–H and O–H groups in total. The molecule has 128 valence electrons. The Morgan fingerprint density at radius 2 is 2.12 bits per heavy atom. The molecule has 0 spiro atoms. The molecule has 0 unspecified atom stereocenters. The van der Waals surface area contributed by atoms with Crippen LogP contribution in [0.3, 0.4) is 0 Å². The molecule has 1 atom stereocenters. The minimum absolute atomic E-state index is 0.0980. The first-order valence-corrected chi connectivity index (χ1v) is 9.17. The van der Waals surface area contributed by atoms with Crippen LogP contribution in [0.25, 0.3) is 0 Å². The summed E-state index contributed by atoms with van der Waals surface area (Å²) >= 11 is 1.85. The Balaban J connectivity index is 1.72. The van der Waals surface area contributed by atoms with Gasteiger partial charge in [-0.15, -0.1) is 0 Å². The third-order valence-corrected chi connectivity index (χ3v) is 5.52. The molecule has 2 heterocycles.